The molecule has 1 saturated heterocycles. The van der Waals surface area contributed by atoms with E-state index in [9.17, 15) is 10.1 Å². The molecule has 1 heterocycles. The van der Waals surface area contributed by atoms with Gasteiger partial charge in [0.2, 0.25) is 0 Å². The van der Waals surface area contributed by atoms with Crippen molar-refractivity contribution in [3.8, 4) is 0 Å². The molecule has 1 aliphatic carbocycles. The molecule has 1 aromatic rings. The summed E-state index contributed by atoms with van der Waals surface area (Å²) in [4.78, 5) is 13.1. The minimum Gasteiger partial charge on any atom is -0.383 e. The summed E-state index contributed by atoms with van der Waals surface area (Å²) in [6.07, 6.45) is 4.15. The maximum absolute atomic E-state index is 10.9. The van der Waals surface area contributed by atoms with Crippen molar-refractivity contribution in [3.05, 3.63) is 33.9 Å². The summed E-state index contributed by atoms with van der Waals surface area (Å²) >= 11 is 0. The lowest BCUT2D eigenvalue weighted by atomic mass is 10.0. The van der Waals surface area contributed by atoms with Gasteiger partial charge in [-0.2, -0.15) is 0 Å². The van der Waals surface area contributed by atoms with E-state index in [0.29, 0.717) is 5.69 Å². The number of fused-ring (bicyclic) bond motifs is 1. The summed E-state index contributed by atoms with van der Waals surface area (Å²) in [5, 5.41) is 13.8. The molecule has 20 heavy (non-hydrogen) atoms. The van der Waals surface area contributed by atoms with Gasteiger partial charge in [-0.1, -0.05) is 12.5 Å². The molecular weight excluding hydrogens is 254 g/mol. The average Bonchev–Trinajstić information content (AvgIpc) is 2.99. The fourth-order valence-electron chi connectivity index (χ4n) is 3.76. The monoisotopic (exact) mass is 275 g/mol. The third-order valence-corrected chi connectivity index (χ3v) is 4.74. The summed E-state index contributed by atoms with van der Waals surface area (Å²) in [7, 11) is 1.73. The van der Waals surface area contributed by atoms with Crippen molar-refractivity contribution in [2.75, 3.05) is 25.5 Å². The van der Waals surface area contributed by atoms with E-state index >= 15 is 0 Å². The number of nitro benzene ring substituents is 1. The van der Waals surface area contributed by atoms with Crippen LogP contribution in [0.4, 0.5) is 11.4 Å². The summed E-state index contributed by atoms with van der Waals surface area (Å²) < 4.78 is 0. The van der Waals surface area contributed by atoms with Crippen LogP contribution < -0.4 is 5.32 Å². The number of nitrogens with one attached hydrogen (secondary N) is 1. The summed E-state index contributed by atoms with van der Waals surface area (Å²) in [5.74, 6) is 1.77. The van der Waals surface area contributed by atoms with E-state index in [2.05, 4.69) is 10.2 Å². The SMILES string of the molecule is CNc1cc(CN2CC3CCCC3C2)ccc1[N+](=O)[O-]. The highest BCUT2D eigenvalue weighted by molar-refractivity contribution is 5.62. The molecule has 1 aromatic carbocycles. The fourth-order valence-corrected chi connectivity index (χ4v) is 3.76. The molecule has 3 rings (SSSR count). The van der Waals surface area contributed by atoms with E-state index in [1.807, 2.05) is 12.1 Å². The van der Waals surface area contributed by atoms with Gasteiger partial charge >= 0.3 is 0 Å². The lowest BCUT2D eigenvalue weighted by Crippen LogP contribution is -2.21. The highest BCUT2D eigenvalue weighted by atomic mass is 16.6. The Bertz CT molecular complexity index is 506. The van der Waals surface area contributed by atoms with E-state index in [1.54, 1.807) is 13.1 Å². The van der Waals surface area contributed by atoms with Crippen LogP contribution in [-0.2, 0) is 6.54 Å². The molecule has 0 radical (unpaired) electrons. The standard InChI is InChI=1S/C15H21N3O2/c1-16-14-7-11(5-6-15(14)18(19)20)8-17-9-12-3-2-4-13(12)10-17/h5-7,12-13,16H,2-4,8-10H2,1H3. The topological polar surface area (TPSA) is 58.4 Å². The number of hydrogen-bond acceptors (Lipinski definition) is 4. The molecule has 0 spiro atoms. The molecule has 1 N–H and O–H groups in total. The van der Waals surface area contributed by atoms with Gasteiger partial charge in [0.25, 0.3) is 5.69 Å². The molecule has 108 valence electrons. The number of hydrogen-bond donors (Lipinski definition) is 1. The Morgan fingerprint density at radius 3 is 2.65 bits per heavy atom. The molecule has 0 amide bonds. The fraction of sp³-hybridized carbons (Fsp3) is 0.600. The summed E-state index contributed by atoms with van der Waals surface area (Å²) in [6, 6.07) is 5.40. The molecule has 2 unspecified atom stereocenters. The highest BCUT2D eigenvalue weighted by Gasteiger charge is 2.35. The molecule has 1 aliphatic heterocycles. The Hall–Kier alpha value is -1.62. The number of nitrogens with zero attached hydrogens (tertiary/aromatic N) is 2. The van der Waals surface area contributed by atoms with Crippen molar-refractivity contribution in [2.45, 2.75) is 25.8 Å². The molecule has 2 aliphatic rings. The van der Waals surface area contributed by atoms with Gasteiger partial charge in [-0.3, -0.25) is 15.0 Å². The zero-order valence-corrected chi connectivity index (χ0v) is 11.8. The molecule has 2 atom stereocenters. The van der Waals surface area contributed by atoms with Gasteiger partial charge in [0.05, 0.1) is 4.92 Å². The maximum atomic E-state index is 10.9. The van der Waals surface area contributed by atoms with Gasteiger partial charge < -0.3 is 5.32 Å². The molecule has 0 bridgehead atoms. The Morgan fingerprint density at radius 1 is 1.35 bits per heavy atom. The Labute approximate surface area is 119 Å². The van der Waals surface area contributed by atoms with Crippen LogP contribution in [0.2, 0.25) is 0 Å². The molecule has 5 nitrogen and oxygen atoms in total. The molecular formula is C15H21N3O2. The third kappa shape index (κ3) is 2.50. The second kappa shape index (κ2) is 5.40. The summed E-state index contributed by atoms with van der Waals surface area (Å²) in [5.41, 5.74) is 1.90. The zero-order chi connectivity index (χ0) is 14.1. The number of nitro groups is 1. The zero-order valence-electron chi connectivity index (χ0n) is 11.8. The quantitative estimate of drug-likeness (QED) is 0.678. The number of likely N-dealkylation sites (tertiary alicyclic amines) is 1. The molecule has 2 fully saturated rings. The van der Waals surface area contributed by atoms with Gasteiger partial charge in [0.1, 0.15) is 5.69 Å². The molecule has 0 aromatic heterocycles. The van der Waals surface area contributed by atoms with Gasteiger partial charge in [0.15, 0.2) is 0 Å². The Balaban J connectivity index is 1.70. The largest absolute Gasteiger partial charge is 0.383 e. The number of benzene rings is 1. The van der Waals surface area contributed by atoms with Crippen LogP contribution in [0, 0.1) is 22.0 Å². The van der Waals surface area contributed by atoms with E-state index in [1.165, 1.54) is 32.4 Å². The average molecular weight is 275 g/mol. The van der Waals surface area contributed by atoms with Crippen molar-refractivity contribution in [1.29, 1.82) is 0 Å². The van der Waals surface area contributed by atoms with E-state index in [0.717, 1.165) is 23.9 Å². The maximum Gasteiger partial charge on any atom is 0.292 e. The second-order valence-electron chi connectivity index (χ2n) is 6.00. The minimum absolute atomic E-state index is 0.148. The third-order valence-electron chi connectivity index (χ3n) is 4.74. The van der Waals surface area contributed by atoms with Crippen molar-refractivity contribution in [2.24, 2.45) is 11.8 Å². The van der Waals surface area contributed by atoms with E-state index in [4.69, 9.17) is 0 Å². The first-order valence-electron chi connectivity index (χ1n) is 7.35. The van der Waals surface area contributed by atoms with Crippen molar-refractivity contribution < 1.29 is 4.92 Å². The highest BCUT2D eigenvalue weighted by Crippen LogP contribution is 2.38. The van der Waals surface area contributed by atoms with Crippen LogP contribution in [0.5, 0.6) is 0 Å². The van der Waals surface area contributed by atoms with Crippen LogP contribution in [0.15, 0.2) is 18.2 Å². The normalized spacial score (nSPS) is 25.6. The first-order valence-corrected chi connectivity index (χ1v) is 7.35. The van der Waals surface area contributed by atoms with Gasteiger partial charge in [-0.25, -0.2) is 0 Å². The molecule has 5 heteroatoms. The smallest absolute Gasteiger partial charge is 0.292 e. The van der Waals surface area contributed by atoms with Crippen LogP contribution in [0.3, 0.4) is 0 Å². The predicted molar refractivity (Wildman–Crippen MR) is 78.8 cm³/mol. The van der Waals surface area contributed by atoms with Gasteiger partial charge in [-0.15, -0.1) is 0 Å². The van der Waals surface area contributed by atoms with Gasteiger partial charge in [0, 0.05) is 32.7 Å². The lowest BCUT2D eigenvalue weighted by Gasteiger charge is -2.17. The molecule has 1 saturated carbocycles. The number of anilines is 1. The van der Waals surface area contributed by atoms with Crippen molar-refractivity contribution in [3.63, 3.8) is 0 Å². The van der Waals surface area contributed by atoms with Crippen molar-refractivity contribution >= 4 is 11.4 Å². The van der Waals surface area contributed by atoms with Crippen LogP contribution >= 0.6 is 0 Å². The van der Waals surface area contributed by atoms with Gasteiger partial charge in [-0.05, 0) is 36.3 Å². The predicted octanol–water partition coefficient (Wildman–Crippen LogP) is 2.87. The Morgan fingerprint density at radius 2 is 2.05 bits per heavy atom. The second-order valence-corrected chi connectivity index (χ2v) is 6.00. The number of rotatable bonds is 4. The van der Waals surface area contributed by atoms with E-state index in [-0.39, 0.29) is 10.6 Å². The lowest BCUT2D eigenvalue weighted by molar-refractivity contribution is -0.384. The minimum atomic E-state index is -0.337. The van der Waals surface area contributed by atoms with Crippen LogP contribution in [-0.4, -0.2) is 30.0 Å². The van der Waals surface area contributed by atoms with Crippen LogP contribution in [0.25, 0.3) is 0 Å². The van der Waals surface area contributed by atoms with Crippen molar-refractivity contribution in [1.82, 2.24) is 4.90 Å². The first kappa shape index (κ1) is 13.4. The first-order chi connectivity index (χ1) is 9.67. The Kier molecular flexibility index (Phi) is 3.61. The summed E-state index contributed by atoms with van der Waals surface area (Å²) in [6.45, 7) is 3.28. The van der Waals surface area contributed by atoms with Crippen LogP contribution in [0.1, 0.15) is 24.8 Å². The van der Waals surface area contributed by atoms with E-state index < -0.39 is 0 Å².